The van der Waals surface area contributed by atoms with Gasteiger partial charge in [0, 0.05) is 63.1 Å². The Morgan fingerprint density at radius 1 is 1.00 bits per heavy atom. The number of amides is 2. The second kappa shape index (κ2) is 8.81. The van der Waals surface area contributed by atoms with Gasteiger partial charge in [0.05, 0.1) is 11.1 Å². The van der Waals surface area contributed by atoms with Crippen molar-refractivity contribution in [3.8, 4) is 0 Å². The fraction of sp³-hybridized carbons (Fsp3) is 0.286. The summed E-state index contributed by atoms with van der Waals surface area (Å²) in [5.74, 6) is -0.326. The van der Waals surface area contributed by atoms with Gasteiger partial charge in [0.2, 0.25) is 11.9 Å². The molecule has 3 aromatic rings. The zero-order valence-electron chi connectivity index (χ0n) is 16.3. The molecule has 1 saturated heterocycles. The lowest BCUT2D eigenvalue weighted by Crippen LogP contribution is -2.49. The molecule has 3 heterocycles. The highest BCUT2D eigenvalue weighted by atomic mass is 19.1. The number of carbonyl (C=O) groups excluding carboxylic acids is 2. The number of halogens is 1. The van der Waals surface area contributed by atoms with E-state index in [1.54, 1.807) is 41.7 Å². The Kier molecular flexibility index (Phi) is 5.78. The Balaban J connectivity index is 1.29. The van der Waals surface area contributed by atoms with E-state index in [2.05, 4.69) is 20.3 Å². The smallest absolute Gasteiger partial charge is 0.253 e. The zero-order chi connectivity index (χ0) is 20.9. The van der Waals surface area contributed by atoms with Crippen molar-refractivity contribution in [1.82, 2.24) is 25.2 Å². The fourth-order valence-corrected chi connectivity index (χ4v) is 3.48. The number of benzene rings is 1. The standard InChI is InChI=1S/C21H21FN6O2/c22-16-13-15-3-1-5-23-19(15)17(14-16)20(30)24-8-4-18(29)27-9-11-28(12-10-27)21-25-6-2-7-26-21/h1-3,5-7,13-14H,4,8-12H2,(H,24,30). The van der Waals surface area contributed by atoms with E-state index < -0.39 is 11.7 Å². The molecule has 1 N–H and O–H groups in total. The van der Waals surface area contributed by atoms with Crippen LogP contribution in [0, 0.1) is 5.82 Å². The predicted octanol–water partition coefficient (Wildman–Crippen LogP) is 1.63. The molecule has 30 heavy (non-hydrogen) atoms. The van der Waals surface area contributed by atoms with Crippen molar-refractivity contribution in [3.05, 3.63) is 60.3 Å². The van der Waals surface area contributed by atoms with Gasteiger partial charge >= 0.3 is 0 Å². The van der Waals surface area contributed by atoms with Crippen LogP contribution in [0.2, 0.25) is 0 Å². The van der Waals surface area contributed by atoms with E-state index in [4.69, 9.17) is 0 Å². The first-order chi connectivity index (χ1) is 14.6. The van der Waals surface area contributed by atoms with Crippen LogP contribution in [0.4, 0.5) is 10.3 Å². The molecule has 9 heteroatoms. The Morgan fingerprint density at radius 2 is 1.73 bits per heavy atom. The van der Waals surface area contributed by atoms with Crippen molar-refractivity contribution in [2.24, 2.45) is 0 Å². The molecule has 154 valence electrons. The molecule has 0 unspecified atom stereocenters. The number of fused-ring (bicyclic) bond motifs is 1. The van der Waals surface area contributed by atoms with Crippen LogP contribution in [-0.4, -0.2) is 64.4 Å². The van der Waals surface area contributed by atoms with E-state index in [1.807, 2.05) is 4.90 Å². The van der Waals surface area contributed by atoms with E-state index in [0.29, 0.717) is 43.0 Å². The molecule has 1 aromatic carbocycles. The van der Waals surface area contributed by atoms with E-state index >= 15 is 0 Å². The Hall–Kier alpha value is -3.62. The minimum absolute atomic E-state index is 0.0360. The third-order valence-electron chi connectivity index (χ3n) is 5.01. The van der Waals surface area contributed by atoms with Crippen LogP contribution < -0.4 is 10.2 Å². The lowest BCUT2D eigenvalue weighted by atomic mass is 10.1. The maximum absolute atomic E-state index is 13.8. The van der Waals surface area contributed by atoms with Crippen LogP contribution in [-0.2, 0) is 4.79 Å². The van der Waals surface area contributed by atoms with Crippen molar-refractivity contribution in [2.75, 3.05) is 37.6 Å². The number of carbonyl (C=O) groups is 2. The molecule has 0 spiro atoms. The average molecular weight is 408 g/mol. The van der Waals surface area contributed by atoms with Crippen LogP contribution in [0.5, 0.6) is 0 Å². The number of rotatable bonds is 5. The molecular weight excluding hydrogens is 387 g/mol. The normalized spacial score (nSPS) is 14.0. The van der Waals surface area contributed by atoms with E-state index in [-0.39, 0.29) is 24.4 Å². The molecule has 0 bridgehead atoms. The van der Waals surface area contributed by atoms with Crippen LogP contribution >= 0.6 is 0 Å². The summed E-state index contributed by atoms with van der Waals surface area (Å²) in [6, 6.07) is 7.65. The Labute approximate surface area is 172 Å². The van der Waals surface area contributed by atoms with Gasteiger partial charge in [-0.1, -0.05) is 6.07 Å². The molecule has 0 aliphatic carbocycles. The summed E-state index contributed by atoms with van der Waals surface area (Å²) in [6.45, 7) is 2.63. The maximum Gasteiger partial charge on any atom is 0.253 e. The van der Waals surface area contributed by atoms with Crippen LogP contribution in [0.3, 0.4) is 0 Å². The summed E-state index contributed by atoms with van der Waals surface area (Å²) in [5, 5.41) is 3.25. The molecule has 8 nitrogen and oxygen atoms in total. The van der Waals surface area contributed by atoms with E-state index in [1.165, 1.54) is 6.07 Å². The Morgan fingerprint density at radius 3 is 2.50 bits per heavy atom. The van der Waals surface area contributed by atoms with Gasteiger partial charge in [-0.2, -0.15) is 0 Å². The molecule has 4 rings (SSSR count). The van der Waals surface area contributed by atoms with Gasteiger partial charge in [0.15, 0.2) is 0 Å². The first kappa shape index (κ1) is 19.7. The number of hydrogen-bond acceptors (Lipinski definition) is 6. The molecule has 2 amide bonds. The third kappa shape index (κ3) is 4.35. The van der Waals surface area contributed by atoms with Crippen LogP contribution in [0.15, 0.2) is 48.9 Å². The molecule has 1 aliphatic heterocycles. The summed E-state index contributed by atoms with van der Waals surface area (Å²) in [6.07, 6.45) is 5.12. The molecule has 0 atom stereocenters. The second-order valence-corrected chi connectivity index (χ2v) is 6.95. The largest absolute Gasteiger partial charge is 0.351 e. The van der Waals surface area contributed by atoms with Crippen molar-refractivity contribution >= 4 is 28.7 Å². The van der Waals surface area contributed by atoms with Gasteiger partial charge < -0.3 is 15.1 Å². The highest BCUT2D eigenvalue weighted by Gasteiger charge is 2.22. The van der Waals surface area contributed by atoms with Crippen LogP contribution in [0.25, 0.3) is 10.9 Å². The van der Waals surface area contributed by atoms with Crippen molar-refractivity contribution < 1.29 is 14.0 Å². The second-order valence-electron chi connectivity index (χ2n) is 6.95. The van der Waals surface area contributed by atoms with E-state index in [0.717, 1.165) is 6.07 Å². The summed E-state index contributed by atoms with van der Waals surface area (Å²) < 4.78 is 13.8. The van der Waals surface area contributed by atoms with Crippen molar-refractivity contribution in [1.29, 1.82) is 0 Å². The summed E-state index contributed by atoms with van der Waals surface area (Å²) in [4.78, 5) is 41.4. The SMILES string of the molecule is O=C(NCCC(=O)N1CCN(c2ncccn2)CC1)c1cc(F)cc2cccnc12. The number of anilines is 1. The van der Waals surface area contributed by atoms with Gasteiger partial charge in [-0.05, 0) is 24.3 Å². The first-order valence-electron chi connectivity index (χ1n) is 9.74. The molecule has 0 saturated carbocycles. The summed E-state index contributed by atoms with van der Waals surface area (Å²) in [5.41, 5.74) is 0.594. The number of nitrogens with zero attached hydrogens (tertiary/aromatic N) is 5. The lowest BCUT2D eigenvalue weighted by Gasteiger charge is -2.34. The van der Waals surface area contributed by atoms with Gasteiger partial charge in [-0.15, -0.1) is 0 Å². The quantitative estimate of drug-likeness (QED) is 0.690. The van der Waals surface area contributed by atoms with E-state index in [9.17, 15) is 14.0 Å². The van der Waals surface area contributed by atoms with Gasteiger partial charge in [0.25, 0.3) is 5.91 Å². The topological polar surface area (TPSA) is 91.3 Å². The average Bonchev–Trinajstić information content (AvgIpc) is 2.79. The number of pyridine rings is 1. The van der Waals surface area contributed by atoms with Gasteiger partial charge in [-0.25, -0.2) is 14.4 Å². The monoisotopic (exact) mass is 408 g/mol. The van der Waals surface area contributed by atoms with Crippen LogP contribution in [0.1, 0.15) is 16.8 Å². The number of nitrogens with one attached hydrogen (secondary N) is 1. The molecule has 2 aromatic heterocycles. The summed E-state index contributed by atoms with van der Waals surface area (Å²) >= 11 is 0. The number of hydrogen-bond donors (Lipinski definition) is 1. The highest BCUT2D eigenvalue weighted by molar-refractivity contribution is 6.05. The molecule has 0 radical (unpaired) electrons. The number of aromatic nitrogens is 3. The third-order valence-corrected chi connectivity index (χ3v) is 5.01. The zero-order valence-corrected chi connectivity index (χ0v) is 16.3. The van der Waals surface area contributed by atoms with Gasteiger partial charge in [-0.3, -0.25) is 14.6 Å². The van der Waals surface area contributed by atoms with Crippen molar-refractivity contribution in [2.45, 2.75) is 6.42 Å². The number of piperazine rings is 1. The van der Waals surface area contributed by atoms with Gasteiger partial charge in [0.1, 0.15) is 5.82 Å². The minimum atomic E-state index is -0.503. The minimum Gasteiger partial charge on any atom is -0.351 e. The fourth-order valence-electron chi connectivity index (χ4n) is 3.48. The first-order valence-corrected chi connectivity index (χ1v) is 9.74. The predicted molar refractivity (Wildman–Crippen MR) is 109 cm³/mol. The summed E-state index contributed by atoms with van der Waals surface area (Å²) in [7, 11) is 0. The highest BCUT2D eigenvalue weighted by Crippen LogP contribution is 2.18. The Bertz CT molecular complexity index is 1050. The van der Waals surface area contributed by atoms with Crippen molar-refractivity contribution in [3.63, 3.8) is 0 Å². The lowest BCUT2D eigenvalue weighted by molar-refractivity contribution is -0.131. The molecule has 1 fully saturated rings. The maximum atomic E-state index is 13.8. The molecule has 1 aliphatic rings. The molecular formula is C21H21FN6O2.